The van der Waals surface area contributed by atoms with Gasteiger partial charge in [-0.05, 0) is 86.6 Å². The number of fused-ring (bicyclic) bond motifs is 7. The maximum Gasteiger partial charge on any atom is 0.109 e. The first-order chi connectivity index (χ1) is 25.1. The molecule has 1 atom stereocenters. The van der Waals surface area contributed by atoms with Crippen LogP contribution >= 0.6 is 0 Å². The van der Waals surface area contributed by atoms with Crippen molar-refractivity contribution in [2.45, 2.75) is 12.1 Å². The molecule has 0 saturated carbocycles. The van der Waals surface area contributed by atoms with Crippen molar-refractivity contribution in [2.75, 3.05) is 5.32 Å². The molecule has 0 aliphatic heterocycles. The minimum Gasteiger partial charge on any atom is -0.363 e. The van der Waals surface area contributed by atoms with Crippen LogP contribution < -0.4 is 11.1 Å². The van der Waals surface area contributed by atoms with Crippen LogP contribution in [0.2, 0.25) is 0 Å². The van der Waals surface area contributed by atoms with E-state index in [1.54, 1.807) is 0 Å². The lowest BCUT2D eigenvalue weighted by molar-refractivity contribution is 0.609. The molecule has 0 bridgehead atoms. The Morgan fingerprint density at radius 2 is 1.10 bits per heavy atom. The number of aromatic nitrogens is 1. The van der Waals surface area contributed by atoms with Gasteiger partial charge in [0.1, 0.15) is 5.66 Å². The molecule has 1 aliphatic rings. The standard InChI is InChI=1S/C30H24N2.C18H13N/c31-30(17-15-22(16-18-30)21-7-2-1-3-8-21)32-28-12-6-11-23-13-14-26-19-24-9-4-5-10-25(24)20-27(26)29(23)28;1-2-8-14(9-3-1)19-17-12-6-4-10-15(17)16-11-5-7-13-18(16)19/h1-17,19-20,32H,18,31H2;1-13H. The van der Waals surface area contributed by atoms with Crippen LogP contribution in [0.5, 0.6) is 0 Å². The minimum absolute atomic E-state index is 0.633. The van der Waals surface area contributed by atoms with Crippen LogP contribution in [-0.2, 0) is 0 Å². The van der Waals surface area contributed by atoms with Gasteiger partial charge in [0.25, 0.3) is 0 Å². The van der Waals surface area contributed by atoms with Gasteiger partial charge in [0, 0.05) is 34.0 Å². The van der Waals surface area contributed by atoms with Crippen molar-refractivity contribution in [3.8, 4) is 5.69 Å². The first kappa shape index (κ1) is 30.6. The Hall–Kier alpha value is -6.42. The number of benzene rings is 8. The van der Waals surface area contributed by atoms with Crippen molar-refractivity contribution >= 4 is 65.4 Å². The van der Waals surface area contributed by atoms with Gasteiger partial charge in [-0.1, -0.05) is 146 Å². The zero-order valence-electron chi connectivity index (χ0n) is 28.2. The van der Waals surface area contributed by atoms with Crippen molar-refractivity contribution in [1.82, 2.24) is 4.57 Å². The average molecular weight is 656 g/mol. The van der Waals surface area contributed by atoms with Crippen LogP contribution in [0.4, 0.5) is 5.69 Å². The monoisotopic (exact) mass is 655 g/mol. The van der Waals surface area contributed by atoms with E-state index in [2.05, 4.69) is 198 Å². The Morgan fingerprint density at radius 1 is 0.510 bits per heavy atom. The summed E-state index contributed by atoms with van der Waals surface area (Å²) in [7, 11) is 0. The SMILES string of the molecule is NC1(Nc2cccc3ccc4cc5ccccc5cc4c23)C=CC(c2ccccc2)=CC1.c1ccc(-n2c3ccccc3c3ccccc32)cc1. The molecule has 1 aliphatic carbocycles. The van der Waals surface area contributed by atoms with E-state index in [-0.39, 0.29) is 0 Å². The molecule has 1 heterocycles. The molecule has 1 unspecified atom stereocenters. The minimum atomic E-state index is -0.633. The van der Waals surface area contributed by atoms with Crippen LogP contribution in [0.25, 0.3) is 65.4 Å². The third-order valence-electron chi connectivity index (χ3n) is 10.0. The van der Waals surface area contributed by atoms with Gasteiger partial charge in [-0.3, -0.25) is 0 Å². The fourth-order valence-corrected chi connectivity index (χ4v) is 7.52. The zero-order valence-corrected chi connectivity index (χ0v) is 28.2. The van der Waals surface area contributed by atoms with Gasteiger partial charge in [0.05, 0.1) is 11.0 Å². The van der Waals surface area contributed by atoms with E-state index < -0.39 is 5.66 Å². The van der Waals surface area contributed by atoms with Gasteiger partial charge in [0.15, 0.2) is 0 Å². The summed E-state index contributed by atoms with van der Waals surface area (Å²) in [5.41, 5.74) is 13.4. The van der Waals surface area contributed by atoms with Crippen LogP contribution in [0.3, 0.4) is 0 Å². The molecule has 1 aromatic heterocycles. The van der Waals surface area contributed by atoms with Crippen molar-refractivity contribution in [3.05, 3.63) is 200 Å². The van der Waals surface area contributed by atoms with Gasteiger partial charge in [0.2, 0.25) is 0 Å². The van der Waals surface area contributed by atoms with Gasteiger partial charge < -0.3 is 15.6 Å². The topological polar surface area (TPSA) is 43.0 Å². The maximum absolute atomic E-state index is 6.81. The first-order valence-electron chi connectivity index (χ1n) is 17.5. The van der Waals surface area contributed by atoms with E-state index in [0.717, 1.165) is 12.1 Å². The number of nitrogens with two attached hydrogens (primary N) is 1. The smallest absolute Gasteiger partial charge is 0.109 e. The van der Waals surface area contributed by atoms with E-state index in [0.29, 0.717) is 0 Å². The molecule has 0 saturated heterocycles. The summed E-state index contributed by atoms with van der Waals surface area (Å²) < 4.78 is 2.32. The molecular weight excluding hydrogens is 619 g/mol. The molecule has 0 fully saturated rings. The highest BCUT2D eigenvalue weighted by Crippen LogP contribution is 2.36. The van der Waals surface area contributed by atoms with E-state index in [1.165, 1.54) is 70.9 Å². The summed E-state index contributed by atoms with van der Waals surface area (Å²) in [4.78, 5) is 0. The molecule has 3 N–H and O–H groups in total. The van der Waals surface area contributed by atoms with Gasteiger partial charge in [-0.2, -0.15) is 0 Å². The Balaban J connectivity index is 0.000000155. The summed E-state index contributed by atoms with van der Waals surface area (Å²) in [5.74, 6) is 0. The van der Waals surface area contributed by atoms with Crippen molar-refractivity contribution in [2.24, 2.45) is 5.73 Å². The number of nitrogens with zero attached hydrogens (tertiary/aromatic N) is 1. The number of hydrogen-bond donors (Lipinski definition) is 2. The third kappa shape index (κ3) is 5.74. The average Bonchev–Trinajstić information content (AvgIpc) is 3.53. The summed E-state index contributed by atoms with van der Waals surface area (Å²) >= 11 is 0. The molecular formula is C48H37N3. The second-order valence-electron chi connectivity index (χ2n) is 13.3. The van der Waals surface area contributed by atoms with Crippen molar-refractivity contribution < 1.29 is 0 Å². The number of hydrogen-bond acceptors (Lipinski definition) is 2. The fourth-order valence-electron chi connectivity index (χ4n) is 7.52. The van der Waals surface area contributed by atoms with E-state index >= 15 is 0 Å². The van der Waals surface area contributed by atoms with Crippen molar-refractivity contribution in [1.29, 1.82) is 0 Å². The molecule has 51 heavy (non-hydrogen) atoms. The van der Waals surface area contributed by atoms with Crippen LogP contribution in [0.15, 0.2) is 194 Å². The molecule has 0 radical (unpaired) electrons. The normalized spacial score (nSPS) is 15.6. The summed E-state index contributed by atoms with van der Waals surface area (Å²) in [6, 6.07) is 62.0. The van der Waals surface area contributed by atoms with Gasteiger partial charge in [-0.25, -0.2) is 0 Å². The van der Waals surface area contributed by atoms with E-state index in [1.807, 2.05) is 6.07 Å². The van der Waals surface area contributed by atoms with E-state index in [9.17, 15) is 0 Å². The third-order valence-corrected chi connectivity index (χ3v) is 10.0. The summed E-state index contributed by atoms with van der Waals surface area (Å²) in [6.07, 6.45) is 7.16. The van der Waals surface area contributed by atoms with Crippen LogP contribution in [-0.4, -0.2) is 10.2 Å². The second kappa shape index (κ2) is 12.8. The molecule has 3 nitrogen and oxygen atoms in total. The number of anilines is 1. The highest BCUT2D eigenvalue weighted by atomic mass is 15.1. The molecule has 0 spiro atoms. The van der Waals surface area contributed by atoms with Gasteiger partial charge in [-0.15, -0.1) is 0 Å². The Bertz CT molecular complexity index is 2700. The number of para-hydroxylation sites is 3. The number of allylic oxidation sites excluding steroid dienone is 2. The lowest BCUT2D eigenvalue weighted by atomic mass is 9.92. The fraction of sp³-hybridized carbons (Fsp3) is 0.0417. The van der Waals surface area contributed by atoms with E-state index in [4.69, 9.17) is 5.73 Å². The Kier molecular flexibility index (Phi) is 7.68. The highest BCUT2D eigenvalue weighted by Gasteiger charge is 2.24. The quantitative estimate of drug-likeness (QED) is 0.113. The summed E-state index contributed by atoms with van der Waals surface area (Å²) in [5, 5.41) is 13.7. The molecule has 0 amide bonds. The second-order valence-corrected chi connectivity index (χ2v) is 13.3. The maximum atomic E-state index is 6.81. The highest BCUT2D eigenvalue weighted by molar-refractivity contribution is 6.16. The zero-order chi connectivity index (χ0) is 34.2. The molecule has 3 heteroatoms. The predicted molar refractivity (Wildman–Crippen MR) is 218 cm³/mol. The Labute approximate surface area is 297 Å². The van der Waals surface area contributed by atoms with Gasteiger partial charge >= 0.3 is 0 Å². The first-order valence-corrected chi connectivity index (χ1v) is 17.5. The molecule has 244 valence electrons. The largest absolute Gasteiger partial charge is 0.363 e. The molecule has 8 aromatic carbocycles. The Morgan fingerprint density at radius 3 is 1.78 bits per heavy atom. The lowest BCUT2D eigenvalue weighted by Crippen LogP contribution is -2.46. The number of rotatable bonds is 4. The van der Waals surface area contributed by atoms with Crippen LogP contribution in [0.1, 0.15) is 12.0 Å². The molecule has 10 rings (SSSR count). The summed E-state index contributed by atoms with van der Waals surface area (Å²) in [6.45, 7) is 0. The van der Waals surface area contributed by atoms with Crippen LogP contribution in [0, 0.1) is 0 Å². The number of nitrogens with one attached hydrogen (secondary N) is 1. The predicted octanol–water partition coefficient (Wildman–Crippen LogP) is 12.0. The molecule has 9 aromatic rings. The lowest BCUT2D eigenvalue weighted by Gasteiger charge is -2.31. The van der Waals surface area contributed by atoms with Crippen molar-refractivity contribution in [3.63, 3.8) is 0 Å².